The van der Waals surface area contributed by atoms with E-state index in [1.165, 1.54) is 19.4 Å². The van der Waals surface area contributed by atoms with E-state index in [1.807, 2.05) is 11.3 Å². The van der Waals surface area contributed by atoms with Crippen molar-refractivity contribution in [2.45, 2.75) is 38.8 Å². The molecule has 2 heterocycles. The number of thiophene rings is 1. The fourth-order valence-electron chi connectivity index (χ4n) is 2.51. The maximum absolute atomic E-state index is 5.90. The van der Waals surface area contributed by atoms with Gasteiger partial charge in [0, 0.05) is 30.1 Å². The first kappa shape index (κ1) is 11.1. The lowest BCUT2D eigenvalue weighted by atomic mass is 9.97. The summed E-state index contributed by atoms with van der Waals surface area (Å²) in [5.74, 6) is 0. The molecule has 1 aliphatic rings. The summed E-state index contributed by atoms with van der Waals surface area (Å²) in [7, 11) is 0. The second-order valence-corrected chi connectivity index (χ2v) is 5.45. The molecule has 2 unspecified atom stereocenters. The number of hydrogen-bond donors (Lipinski definition) is 1. The first-order valence-corrected chi connectivity index (χ1v) is 6.66. The molecule has 0 spiro atoms. The third kappa shape index (κ3) is 2.25. The van der Waals surface area contributed by atoms with E-state index in [4.69, 9.17) is 5.73 Å². The van der Waals surface area contributed by atoms with Crippen LogP contribution in [0.5, 0.6) is 0 Å². The summed E-state index contributed by atoms with van der Waals surface area (Å²) in [6.07, 6.45) is 2.40. The summed E-state index contributed by atoms with van der Waals surface area (Å²) >= 11 is 1.91. The van der Waals surface area contributed by atoms with Crippen molar-refractivity contribution in [3.05, 3.63) is 21.9 Å². The zero-order valence-corrected chi connectivity index (χ0v) is 10.4. The van der Waals surface area contributed by atoms with Crippen molar-refractivity contribution in [1.82, 2.24) is 4.90 Å². The first-order chi connectivity index (χ1) is 7.22. The Kier molecular flexibility index (Phi) is 3.44. The minimum Gasteiger partial charge on any atom is -0.327 e. The van der Waals surface area contributed by atoms with Crippen LogP contribution in [0.3, 0.4) is 0 Å². The van der Waals surface area contributed by atoms with Crippen molar-refractivity contribution in [1.29, 1.82) is 0 Å². The highest BCUT2D eigenvalue weighted by molar-refractivity contribution is 7.10. The molecule has 0 fully saturated rings. The van der Waals surface area contributed by atoms with E-state index in [0.717, 1.165) is 6.54 Å². The molecular formula is C12H20N2S. The minimum absolute atomic E-state index is 0.277. The third-order valence-electron chi connectivity index (χ3n) is 3.11. The molecular weight excluding hydrogens is 204 g/mol. The molecule has 0 saturated carbocycles. The van der Waals surface area contributed by atoms with Crippen LogP contribution in [0.4, 0.5) is 0 Å². The van der Waals surface area contributed by atoms with Crippen molar-refractivity contribution in [3.8, 4) is 0 Å². The van der Waals surface area contributed by atoms with Crippen LogP contribution in [-0.2, 0) is 6.42 Å². The summed E-state index contributed by atoms with van der Waals surface area (Å²) in [5, 5.41) is 2.22. The Morgan fingerprint density at radius 3 is 3.13 bits per heavy atom. The highest BCUT2D eigenvalue weighted by Crippen LogP contribution is 2.34. The molecule has 2 atom stereocenters. The van der Waals surface area contributed by atoms with E-state index in [0.29, 0.717) is 6.04 Å². The van der Waals surface area contributed by atoms with Crippen LogP contribution < -0.4 is 5.73 Å². The first-order valence-electron chi connectivity index (χ1n) is 5.78. The van der Waals surface area contributed by atoms with Crippen LogP contribution in [0.25, 0.3) is 0 Å². The van der Waals surface area contributed by atoms with Gasteiger partial charge in [-0.25, -0.2) is 0 Å². The summed E-state index contributed by atoms with van der Waals surface area (Å²) in [6.45, 7) is 6.56. The van der Waals surface area contributed by atoms with Gasteiger partial charge in [0.15, 0.2) is 0 Å². The number of hydrogen-bond acceptors (Lipinski definition) is 3. The summed E-state index contributed by atoms with van der Waals surface area (Å²) in [4.78, 5) is 4.13. The second kappa shape index (κ2) is 4.64. The van der Waals surface area contributed by atoms with Gasteiger partial charge in [-0.3, -0.25) is 4.90 Å². The zero-order chi connectivity index (χ0) is 10.8. The molecule has 3 heteroatoms. The largest absolute Gasteiger partial charge is 0.327 e. The smallest absolute Gasteiger partial charge is 0.0357 e. The van der Waals surface area contributed by atoms with Crippen molar-refractivity contribution >= 4 is 11.3 Å². The van der Waals surface area contributed by atoms with Gasteiger partial charge < -0.3 is 5.73 Å². The van der Waals surface area contributed by atoms with Crippen molar-refractivity contribution in [2.75, 3.05) is 13.1 Å². The highest BCUT2D eigenvalue weighted by Gasteiger charge is 2.26. The van der Waals surface area contributed by atoms with Crippen LogP contribution in [-0.4, -0.2) is 24.0 Å². The average Bonchev–Trinajstić information content (AvgIpc) is 2.64. The molecule has 1 aliphatic heterocycles. The summed E-state index contributed by atoms with van der Waals surface area (Å²) < 4.78 is 0. The normalized spacial score (nSPS) is 23.8. The Bertz CT molecular complexity index is 319. The molecule has 0 aromatic carbocycles. The molecule has 0 saturated heterocycles. The van der Waals surface area contributed by atoms with Crippen LogP contribution in [0.1, 0.15) is 36.8 Å². The van der Waals surface area contributed by atoms with E-state index in [9.17, 15) is 0 Å². The molecule has 0 amide bonds. The summed E-state index contributed by atoms with van der Waals surface area (Å²) in [5.41, 5.74) is 7.45. The standard InChI is InChI=1S/C12H20N2S/c1-3-11-10-5-7-15-12(10)4-6-14(11)8-9(2)13/h5,7,9,11H,3-4,6,8,13H2,1-2H3. The molecule has 2 nitrogen and oxygen atoms in total. The maximum Gasteiger partial charge on any atom is 0.0357 e. The maximum atomic E-state index is 5.90. The Hall–Kier alpha value is -0.380. The number of fused-ring (bicyclic) bond motifs is 1. The fraction of sp³-hybridized carbons (Fsp3) is 0.667. The molecule has 1 aromatic heterocycles. The zero-order valence-electron chi connectivity index (χ0n) is 9.57. The molecule has 0 radical (unpaired) electrons. The van der Waals surface area contributed by atoms with Gasteiger partial charge >= 0.3 is 0 Å². The van der Waals surface area contributed by atoms with Gasteiger partial charge in [-0.05, 0) is 36.8 Å². The van der Waals surface area contributed by atoms with E-state index in [1.54, 1.807) is 10.4 Å². The Morgan fingerprint density at radius 2 is 2.47 bits per heavy atom. The lowest BCUT2D eigenvalue weighted by Crippen LogP contribution is -2.41. The van der Waals surface area contributed by atoms with E-state index < -0.39 is 0 Å². The Labute approximate surface area is 96.1 Å². The quantitative estimate of drug-likeness (QED) is 0.854. The molecule has 2 rings (SSSR count). The van der Waals surface area contributed by atoms with Crippen LogP contribution in [0.2, 0.25) is 0 Å². The van der Waals surface area contributed by atoms with E-state index in [-0.39, 0.29) is 6.04 Å². The van der Waals surface area contributed by atoms with E-state index >= 15 is 0 Å². The monoisotopic (exact) mass is 224 g/mol. The van der Waals surface area contributed by atoms with Gasteiger partial charge in [0.2, 0.25) is 0 Å². The molecule has 2 N–H and O–H groups in total. The predicted octanol–water partition coefficient (Wildman–Crippen LogP) is 2.40. The SMILES string of the molecule is CCC1c2ccsc2CCN1CC(C)N. The fourth-order valence-corrected chi connectivity index (χ4v) is 3.44. The van der Waals surface area contributed by atoms with E-state index in [2.05, 4.69) is 30.2 Å². The lowest BCUT2D eigenvalue weighted by Gasteiger charge is -2.36. The Balaban J connectivity index is 2.17. The number of nitrogens with two attached hydrogens (primary N) is 1. The molecule has 15 heavy (non-hydrogen) atoms. The average molecular weight is 224 g/mol. The number of nitrogens with zero attached hydrogens (tertiary/aromatic N) is 1. The molecule has 1 aromatic rings. The van der Waals surface area contributed by atoms with Gasteiger partial charge in [-0.1, -0.05) is 6.92 Å². The molecule has 84 valence electrons. The Morgan fingerprint density at radius 1 is 1.67 bits per heavy atom. The van der Waals surface area contributed by atoms with Gasteiger partial charge in [-0.2, -0.15) is 0 Å². The predicted molar refractivity (Wildman–Crippen MR) is 66.3 cm³/mol. The second-order valence-electron chi connectivity index (χ2n) is 4.45. The van der Waals surface area contributed by atoms with Crippen LogP contribution in [0.15, 0.2) is 11.4 Å². The van der Waals surface area contributed by atoms with Crippen molar-refractivity contribution in [2.24, 2.45) is 5.73 Å². The minimum atomic E-state index is 0.277. The summed E-state index contributed by atoms with van der Waals surface area (Å²) in [6, 6.07) is 3.17. The lowest BCUT2D eigenvalue weighted by molar-refractivity contribution is 0.174. The van der Waals surface area contributed by atoms with Crippen LogP contribution >= 0.6 is 11.3 Å². The van der Waals surface area contributed by atoms with Gasteiger partial charge in [0.05, 0.1) is 0 Å². The third-order valence-corrected chi connectivity index (χ3v) is 4.11. The van der Waals surface area contributed by atoms with Gasteiger partial charge in [0.1, 0.15) is 0 Å². The van der Waals surface area contributed by atoms with Crippen molar-refractivity contribution in [3.63, 3.8) is 0 Å². The van der Waals surface area contributed by atoms with Crippen LogP contribution in [0, 0.1) is 0 Å². The van der Waals surface area contributed by atoms with Gasteiger partial charge in [0.25, 0.3) is 0 Å². The highest BCUT2D eigenvalue weighted by atomic mass is 32.1. The van der Waals surface area contributed by atoms with Gasteiger partial charge in [-0.15, -0.1) is 11.3 Å². The topological polar surface area (TPSA) is 29.3 Å². The molecule has 0 aliphatic carbocycles. The number of rotatable bonds is 3. The van der Waals surface area contributed by atoms with Crippen molar-refractivity contribution < 1.29 is 0 Å². The molecule has 0 bridgehead atoms.